The molecule has 0 spiro atoms. The molecule has 1 N–H and O–H groups in total. The fraction of sp³-hybridized carbons (Fsp3) is 0.571. The smallest absolute Gasteiger partial charge is 0.122 e. The topological polar surface area (TPSA) is 63.0 Å². The largest absolute Gasteiger partial charge is 0.497 e. The molecule has 0 aliphatic carbocycles. The van der Waals surface area contributed by atoms with Crippen LogP contribution in [0.5, 0.6) is 11.5 Å². The zero-order valence-electron chi connectivity index (χ0n) is 17.4. The summed E-state index contributed by atoms with van der Waals surface area (Å²) in [5.74, 6) is 1.61. The van der Waals surface area contributed by atoms with E-state index >= 15 is 0 Å². The monoisotopic (exact) mass is 388 g/mol. The van der Waals surface area contributed by atoms with Gasteiger partial charge in [0.25, 0.3) is 0 Å². The first-order chi connectivity index (χ1) is 13.5. The Balaban J connectivity index is 1.68. The molecule has 28 heavy (non-hydrogen) atoms. The van der Waals surface area contributed by atoms with Crippen LogP contribution < -0.4 is 9.47 Å². The summed E-state index contributed by atoms with van der Waals surface area (Å²) in [4.78, 5) is 4.92. The van der Waals surface area contributed by atoms with Gasteiger partial charge in [-0.15, -0.1) is 0 Å². The molecule has 1 aromatic heterocycles. The summed E-state index contributed by atoms with van der Waals surface area (Å²) < 4.78 is 12.7. The number of hydrogen-bond acceptors (Lipinski definition) is 6. The van der Waals surface area contributed by atoms with Crippen LogP contribution in [-0.2, 0) is 20.1 Å². The Morgan fingerprint density at radius 1 is 1.11 bits per heavy atom. The lowest BCUT2D eigenvalue weighted by Crippen LogP contribution is -2.52. The van der Waals surface area contributed by atoms with Gasteiger partial charge in [-0.05, 0) is 31.0 Å². The summed E-state index contributed by atoms with van der Waals surface area (Å²) in [6.45, 7) is 6.93. The summed E-state index contributed by atoms with van der Waals surface area (Å²) in [7, 11) is 5.33. The van der Waals surface area contributed by atoms with Crippen LogP contribution in [0.4, 0.5) is 0 Å². The fourth-order valence-corrected chi connectivity index (χ4v) is 3.86. The predicted molar refractivity (Wildman–Crippen MR) is 109 cm³/mol. The first kappa shape index (κ1) is 20.6. The molecular formula is C21H32N4O3. The molecule has 1 aliphatic rings. The molecule has 3 rings (SSSR count). The molecule has 1 fully saturated rings. The second kappa shape index (κ2) is 9.41. The highest BCUT2D eigenvalue weighted by Crippen LogP contribution is 2.25. The van der Waals surface area contributed by atoms with Gasteiger partial charge in [-0.1, -0.05) is 0 Å². The third-order valence-electron chi connectivity index (χ3n) is 5.68. The Kier molecular flexibility index (Phi) is 6.93. The van der Waals surface area contributed by atoms with Crippen LogP contribution >= 0.6 is 0 Å². The van der Waals surface area contributed by atoms with Gasteiger partial charge in [-0.25, -0.2) is 0 Å². The van der Waals surface area contributed by atoms with Gasteiger partial charge in [-0.3, -0.25) is 14.5 Å². The van der Waals surface area contributed by atoms with E-state index in [-0.39, 0.29) is 6.61 Å². The maximum absolute atomic E-state index is 9.59. The van der Waals surface area contributed by atoms with Crippen molar-refractivity contribution in [3.8, 4) is 11.5 Å². The minimum absolute atomic E-state index is 0.197. The standard InChI is InChI=1S/C21H32N4O3/c1-16-18(12-22-23(16)2)14-24-6-7-25(19(15-24)5-8-26)13-17-9-20(27-3)11-21(10-17)28-4/h9-12,19,26H,5-8,13-15H2,1-4H3. The predicted octanol–water partition coefficient (Wildman–Crippen LogP) is 1.81. The fourth-order valence-electron chi connectivity index (χ4n) is 3.86. The molecule has 0 radical (unpaired) electrons. The van der Waals surface area contributed by atoms with Crippen molar-refractivity contribution >= 4 is 0 Å². The van der Waals surface area contributed by atoms with E-state index < -0.39 is 0 Å². The van der Waals surface area contributed by atoms with Crippen LogP contribution in [0.2, 0.25) is 0 Å². The summed E-state index contributed by atoms with van der Waals surface area (Å²) in [5, 5.41) is 13.9. The van der Waals surface area contributed by atoms with Crippen molar-refractivity contribution in [1.82, 2.24) is 19.6 Å². The van der Waals surface area contributed by atoms with Gasteiger partial charge < -0.3 is 14.6 Å². The molecule has 1 atom stereocenters. The van der Waals surface area contributed by atoms with E-state index in [1.165, 1.54) is 11.3 Å². The first-order valence-corrected chi connectivity index (χ1v) is 9.80. The molecular weight excluding hydrogens is 356 g/mol. The number of nitrogens with zero attached hydrogens (tertiary/aromatic N) is 4. The van der Waals surface area contributed by atoms with Crippen molar-refractivity contribution in [3.05, 3.63) is 41.2 Å². The minimum Gasteiger partial charge on any atom is -0.497 e. The average Bonchev–Trinajstić information content (AvgIpc) is 3.02. The molecule has 0 bridgehead atoms. The molecule has 1 unspecified atom stereocenters. The summed E-state index contributed by atoms with van der Waals surface area (Å²) in [6.07, 6.45) is 2.73. The average molecular weight is 389 g/mol. The van der Waals surface area contributed by atoms with Gasteiger partial charge in [-0.2, -0.15) is 5.10 Å². The van der Waals surface area contributed by atoms with Crippen molar-refractivity contribution < 1.29 is 14.6 Å². The van der Waals surface area contributed by atoms with Crippen molar-refractivity contribution in [2.45, 2.75) is 32.5 Å². The molecule has 1 saturated heterocycles. The second-order valence-electron chi connectivity index (χ2n) is 7.47. The van der Waals surface area contributed by atoms with Crippen LogP contribution in [0.25, 0.3) is 0 Å². The van der Waals surface area contributed by atoms with Crippen molar-refractivity contribution in [2.24, 2.45) is 7.05 Å². The Morgan fingerprint density at radius 2 is 1.82 bits per heavy atom. The molecule has 1 aliphatic heterocycles. The molecule has 1 aromatic carbocycles. The number of aryl methyl sites for hydroxylation is 1. The van der Waals surface area contributed by atoms with Crippen LogP contribution in [0, 0.1) is 6.92 Å². The first-order valence-electron chi connectivity index (χ1n) is 9.80. The van der Waals surface area contributed by atoms with Crippen LogP contribution in [0.15, 0.2) is 24.4 Å². The van der Waals surface area contributed by atoms with E-state index in [0.717, 1.165) is 56.2 Å². The number of ether oxygens (including phenoxy) is 2. The SMILES string of the molecule is COc1cc(CN2CCN(Cc3cnn(C)c3C)CC2CCO)cc(OC)c1. The molecule has 7 nitrogen and oxygen atoms in total. The highest BCUT2D eigenvalue weighted by Gasteiger charge is 2.27. The van der Waals surface area contributed by atoms with Crippen LogP contribution in [0.3, 0.4) is 0 Å². The number of aromatic nitrogens is 2. The minimum atomic E-state index is 0.197. The molecule has 2 heterocycles. The molecule has 0 amide bonds. The van der Waals surface area contributed by atoms with E-state index in [9.17, 15) is 5.11 Å². The molecule has 2 aromatic rings. The molecule has 7 heteroatoms. The van der Waals surface area contributed by atoms with Crippen LogP contribution in [-0.4, -0.2) is 71.2 Å². The lowest BCUT2D eigenvalue weighted by atomic mass is 10.1. The van der Waals surface area contributed by atoms with Crippen molar-refractivity contribution in [1.29, 1.82) is 0 Å². The number of aliphatic hydroxyl groups is 1. The summed E-state index contributed by atoms with van der Waals surface area (Å²) in [6, 6.07) is 6.32. The summed E-state index contributed by atoms with van der Waals surface area (Å²) in [5.41, 5.74) is 3.65. The van der Waals surface area contributed by atoms with Gasteiger partial charge in [0, 0.05) is 69.7 Å². The Labute approximate surface area is 167 Å². The number of hydrogen-bond donors (Lipinski definition) is 1. The number of methoxy groups -OCH3 is 2. The van der Waals surface area contributed by atoms with E-state index in [1.807, 2.05) is 24.0 Å². The number of rotatable bonds is 8. The maximum Gasteiger partial charge on any atom is 0.122 e. The molecule has 154 valence electrons. The van der Waals surface area contributed by atoms with Gasteiger partial charge in [0.15, 0.2) is 0 Å². The zero-order chi connectivity index (χ0) is 20.1. The van der Waals surface area contributed by atoms with E-state index in [4.69, 9.17) is 9.47 Å². The Bertz CT molecular complexity index is 755. The van der Waals surface area contributed by atoms with Crippen molar-refractivity contribution in [3.63, 3.8) is 0 Å². The lowest BCUT2D eigenvalue weighted by Gasteiger charge is -2.41. The highest BCUT2D eigenvalue weighted by atomic mass is 16.5. The Hall–Kier alpha value is -2.09. The highest BCUT2D eigenvalue weighted by molar-refractivity contribution is 5.38. The second-order valence-corrected chi connectivity index (χ2v) is 7.47. The number of aliphatic hydroxyl groups excluding tert-OH is 1. The number of benzene rings is 1. The normalized spacial score (nSPS) is 18.4. The van der Waals surface area contributed by atoms with Gasteiger partial charge in [0.1, 0.15) is 11.5 Å². The van der Waals surface area contributed by atoms with E-state index in [1.54, 1.807) is 14.2 Å². The Morgan fingerprint density at radius 3 is 2.39 bits per heavy atom. The van der Waals surface area contributed by atoms with Crippen molar-refractivity contribution in [2.75, 3.05) is 40.5 Å². The maximum atomic E-state index is 9.59. The number of piperazine rings is 1. The quantitative estimate of drug-likeness (QED) is 0.744. The van der Waals surface area contributed by atoms with Gasteiger partial charge in [0.05, 0.1) is 20.4 Å². The lowest BCUT2D eigenvalue weighted by molar-refractivity contribution is 0.0498. The third kappa shape index (κ3) is 4.84. The molecule has 0 saturated carbocycles. The van der Waals surface area contributed by atoms with Gasteiger partial charge >= 0.3 is 0 Å². The zero-order valence-corrected chi connectivity index (χ0v) is 17.4. The van der Waals surface area contributed by atoms with Gasteiger partial charge in [0.2, 0.25) is 0 Å². The van der Waals surface area contributed by atoms with E-state index in [0.29, 0.717) is 6.04 Å². The van der Waals surface area contributed by atoms with Crippen LogP contribution in [0.1, 0.15) is 23.2 Å². The third-order valence-corrected chi connectivity index (χ3v) is 5.68. The van der Waals surface area contributed by atoms with E-state index in [2.05, 4.69) is 34.0 Å². The summed E-state index contributed by atoms with van der Waals surface area (Å²) >= 11 is 0.